The Hall–Kier alpha value is -1.78. The van der Waals surface area contributed by atoms with E-state index in [0.29, 0.717) is 16.7 Å². The van der Waals surface area contributed by atoms with Crippen molar-refractivity contribution in [2.24, 2.45) is 5.92 Å². The highest BCUT2D eigenvalue weighted by Gasteiger charge is 2.21. The zero-order chi connectivity index (χ0) is 12.5. The molecule has 2 N–H and O–H groups in total. The predicted molar refractivity (Wildman–Crippen MR) is 68.3 cm³/mol. The molecule has 2 aromatic rings. The van der Waals surface area contributed by atoms with Gasteiger partial charge in [-0.3, -0.25) is 0 Å². The van der Waals surface area contributed by atoms with E-state index in [1.807, 2.05) is 6.07 Å². The van der Waals surface area contributed by atoms with E-state index in [-0.39, 0.29) is 6.10 Å². The molecule has 0 bridgehead atoms. The Morgan fingerprint density at radius 1 is 1.17 bits per heavy atom. The van der Waals surface area contributed by atoms with Crippen LogP contribution in [-0.4, -0.2) is 16.4 Å². The summed E-state index contributed by atoms with van der Waals surface area (Å²) in [6.07, 6.45) is 4.90. The lowest BCUT2D eigenvalue weighted by Crippen LogP contribution is -2.23. The van der Waals surface area contributed by atoms with Gasteiger partial charge in [0.05, 0.1) is 11.8 Å². The van der Waals surface area contributed by atoms with Crippen molar-refractivity contribution in [1.29, 1.82) is 0 Å². The SMILES string of the molecule is CC1CCC(Oc2ccc(N)c3nonc23)CC1. The van der Waals surface area contributed by atoms with E-state index in [1.54, 1.807) is 6.07 Å². The second-order valence-corrected chi connectivity index (χ2v) is 5.11. The Labute approximate surface area is 105 Å². The minimum atomic E-state index is 0.268. The van der Waals surface area contributed by atoms with Crippen LogP contribution in [-0.2, 0) is 0 Å². The van der Waals surface area contributed by atoms with Gasteiger partial charge in [-0.05, 0) is 54.0 Å². The highest BCUT2D eigenvalue weighted by molar-refractivity contribution is 5.90. The van der Waals surface area contributed by atoms with Gasteiger partial charge in [-0.25, -0.2) is 4.63 Å². The number of benzene rings is 1. The van der Waals surface area contributed by atoms with Crippen LogP contribution in [0.3, 0.4) is 0 Å². The van der Waals surface area contributed by atoms with Crippen molar-refractivity contribution in [2.45, 2.75) is 38.7 Å². The maximum absolute atomic E-state index is 6.01. The van der Waals surface area contributed by atoms with Crippen LogP contribution in [0.5, 0.6) is 5.75 Å². The van der Waals surface area contributed by atoms with Gasteiger partial charge in [-0.2, -0.15) is 0 Å². The van der Waals surface area contributed by atoms with Gasteiger partial charge in [0.15, 0.2) is 16.8 Å². The zero-order valence-electron chi connectivity index (χ0n) is 10.4. The Balaban J connectivity index is 1.82. The predicted octanol–water partition coefficient (Wildman–Crippen LogP) is 2.76. The number of rotatable bonds is 2. The summed E-state index contributed by atoms with van der Waals surface area (Å²) < 4.78 is 10.7. The minimum Gasteiger partial charge on any atom is -0.488 e. The third-order valence-electron chi connectivity index (χ3n) is 3.67. The summed E-state index contributed by atoms with van der Waals surface area (Å²) in [5, 5.41) is 7.66. The van der Waals surface area contributed by atoms with Crippen LogP contribution in [0.4, 0.5) is 5.69 Å². The third kappa shape index (κ3) is 2.00. The molecule has 1 aromatic heterocycles. The molecule has 1 aliphatic carbocycles. The van der Waals surface area contributed by atoms with Gasteiger partial charge in [0.2, 0.25) is 0 Å². The van der Waals surface area contributed by atoms with Crippen LogP contribution in [0.25, 0.3) is 11.0 Å². The average molecular weight is 247 g/mol. The summed E-state index contributed by atoms with van der Waals surface area (Å²) >= 11 is 0. The summed E-state index contributed by atoms with van der Waals surface area (Å²) in [5.74, 6) is 1.53. The molecule has 5 nitrogen and oxygen atoms in total. The second kappa shape index (κ2) is 4.48. The molecule has 0 aliphatic heterocycles. The molecule has 1 aromatic carbocycles. The first-order valence-electron chi connectivity index (χ1n) is 6.41. The van der Waals surface area contributed by atoms with Crippen LogP contribution in [0.15, 0.2) is 16.8 Å². The quantitative estimate of drug-likeness (QED) is 0.826. The maximum Gasteiger partial charge on any atom is 0.179 e. The molecule has 0 amide bonds. The number of ether oxygens (including phenoxy) is 1. The molecule has 1 heterocycles. The van der Waals surface area contributed by atoms with Gasteiger partial charge in [0.25, 0.3) is 0 Å². The second-order valence-electron chi connectivity index (χ2n) is 5.11. The first-order chi connectivity index (χ1) is 8.74. The Kier molecular flexibility index (Phi) is 2.81. The van der Waals surface area contributed by atoms with Crippen molar-refractivity contribution in [1.82, 2.24) is 10.3 Å². The van der Waals surface area contributed by atoms with Gasteiger partial charge in [0, 0.05) is 0 Å². The van der Waals surface area contributed by atoms with Crippen LogP contribution >= 0.6 is 0 Å². The fraction of sp³-hybridized carbons (Fsp3) is 0.538. The van der Waals surface area contributed by atoms with E-state index >= 15 is 0 Å². The van der Waals surface area contributed by atoms with Crippen molar-refractivity contribution in [3.05, 3.63) is 12.1 Å². The zero-order valence-corrected chi connectivity index (χ0v) is 10.4. The first kappa shape index (κ1) is 11.3. The summed E-state index contributed by atoms with van der Waals surface area (Å²) in [7, 11) is 0. The van der Waals surface area contributed by atoms with Crippen molar-refractivity contribution in [3.63, 3.8) is 0 Å². The lowest BCUT2D eigenvalue weighted by atomic mass is 9.89. The molecule has 0 atom stereocenters. The van der Waals surface area contributed by atoms with E-state index in [4.69, 9.17) is 15.1 Å². The molecule has 18 heavy (non-hydrogen) atoms. The van der Waals surface area contributed by atoms with E-state index in [9.17, 15) is 0 Å². The fourth-order valence-corrected chi connectivity index (χ4v) is 2.48. The van der Waals surface area contributed by atoms with Gasteiger partial charge in [-0.1, -0.05) is 6.92 Å². The molecule has 1 fully saturated rings. The van der Waals surface area contributed by atoms with Crippen LogP contribution in [0.2, 0.25) is 0 Å². The lowest BCUT2D eigenvalue weighted by Gasteiger charge is -2.26. The molecule has 1 saturated carbocycles. The van der Waals surface area contributed by atoms with Crippen molar-refractivity contribution in [2.75, 3.05) is 5.73 Å². The third-order valence-corrected chi connectivity index (χ3v) is 3.67. The fourth-order valence-electron chi connectivity index (χ4n) is 2.48. The Bertz CT molecular complexity index is 544. The van der Waals surface area contributed by atoms with Crippen molar-refractivity contribution >= 4 is 16.7 Å². The molecular formula is C13H17N3O2. The van der Waals surface area contributed by atoms with Gasteiger partial charge in [0.1, 0.15) is 0 Å². The number of nitrogens with two attached hydrogens (primary N) is 1. The molecule has 0 spiro atoms. The van der Waals surface area contributed by atoms with Crippen LogP contribution < -0.4 is 10.5 Å². The highest BCUT2D eigenvalue weighted by Crippen LogP contribution is 2.31. The molecule has 1 aliphatic rings. The topological polar surface area (TPSA) is 74.2 Å². The summed E-state index contributed by atoms with van der Waals surface area (Å²) in [4.78, 5) is 0. The summed E-state index contributed by atoms with van der Waals surface area (Å²) in [5.41, 5.74) is 7.57. The van der Waals surface area contributed by atoms with Gasteiger partial charge in [-0.15, -0.1) is 0 Å². The molecule has 0 saturated heterocycles. The van der Waals surface area contributed by atoms with Gasteiger partial charge < -0.3 is 10.5 Å². The highest BCUT2D eigenvalue weighted by atomic mass is 16.6. The molecule has 0 radical (unpaired) electrons. The van der Waals surface area contributed by atoms with E-state index < -0.39 is 0 Å². The normalized spacial score (nSPS) is 24.3. The molecule has 96 valence electrons. The Morgan fingerprint density at radius 2 is 1.89 bits per heavy atom. The standard InChI is InChI=1S/C13H17N3O2/c1-8-2-4-9(5-3-8)17-11-7-6-10(14)12-13(11)16-18-15-12/h6-9H,2-5,14H2,1H3. The van der Waals surface area contributed by atoms with Crippen molar-refractivity contribution in [3.8, 4) is 5.75 Å². The summed E-state index contributed by atoms with van der Waals surface area (Å²) in [6.45, 7) is 2.29. The number of nitrogens with zero attached hydrogens (tertiary/aromatic N) is 2. The average Bonchev–Trinajstić information content (AvgIpc) is 2.86. The molecular weight excluding hydrogens is 230 g/mol. The van der Waals surface area contributed by atoms with E-state index in [2.05, 4.69) is 17.2 Å². The maximum atomic E-state index is 6.01. The van der Waals surface area contributed by atoms with E-state index in [1.165, 1.54) is 12.8 Å². The lowest BCUT2D eigenvalue weighted by molar-refractivity contribution is 0.137. The van der Waals surface area contributed by atoms with E-state index in [0.717, 1.165) is 24.5 Å². The van der Waals surface area contributed by atoms with Crippen molar-refractivity contribution < 1.29 is 9.37 Å². The largest absolute Gasteiger partial charge is 0.488 e. The number of hydrogen-bond acceptors (Lipinski definition) is 5. The Morgan fingerprint density at radius 3 is 2.67 bits per heavy atom. The summed E-state index contributed by atoms with van der Waals surface area (Å²) in [6, 6.07) is 3.63. The first-order valence-corrected chi connectivity index (χ1v) is 6.41. The number of aromatic nitrogens is 2. The number of anilines is 1. The van der Waals surface area contributed by atoms with Crippen LogP contribution in [0, 0.1) is 5.92 Å². The minimum absolute atomic E-state index is 0.268. The number of nitrogen functional groups attached to an aromatic ring is 1. The monoisotopic (exact) mass is 247 g/mol. The number of hydrogen-bond donors (Lipinski definition) is 1. The molecule has 5 heteroatoms. The molecule has 3 rings (SSSR count). The number of fused-ring (bicyclic) bond motifs is 1. The van der Waals surface area contributed by atoms with Gasteiger partial charge >= 0.3 is 0 Å². The smallest absolute Gasteiger partial charge is 0.179 e. The molecule has 0 unspecified atom stereocenters. The van der Waals surface area contributed by atoms with Crippen LogP contribution in [0.1, 0.15) is 32.6 Å².